The number of aryl methyl sites for hydroxylation is 3. The van der Waals surface area contributed by atoms with Gasteiger partial charge in [-0.15, -0.1) is 0 Å². The Labute approximate surface area is 153 Å². The number of benzene rings is 2. The molecule has 0 aliphatic rings. The Hall–Kier alpha value is -2.82. The Morgan fingerprint density at radius 1 is 0.885 bits per heavy atom. The fourth-order valence-electron chi connectivity index (χ4n) is 2.77. The van der Waals surface area contributed by atoms with Gasteiger partial charge in [0.25, 0.3) is 0 Å². The van der Waals surface area contributed by atoms with E-state index in [0.29, 0.717) is 17.1 Å². The normalized spacial score (nSPS) is 11.6. The summed E-state index contributed by atoms with van der Waals surface area (Å²) in [5.74, 6) is -0.248. The van der Waals surface area contributed by atoms with Crippen molar-refractivity contribution < 1.29 is 23.8 Å². The Morgan fingerprint density at radius 3 is 1.96 bits per heavy atom. The van der Waals surface area contributed by atoms with Crippen LogP contribution in [-0.4, -0.2) is 32.1 Å². The molecule has 0 fully saturated rings. The molecule has 0 aliphatic heterocycles. The molecule has 0 N–H and O–H groups in total. The van der Waals surface area contributed by atoms with Gasteiger partial charge in [0.15, 0.2) is 6.10 Å². The number of hydrogen-bond donors (Lipinski definition) is 0. The maximum absolute atomic E-state index is 12.8. The van der Waals surface area contributed by atoms with Gasteiger partial charge in [0.2, 0.25) is 5.78 Å². The van der Waals surface area contributed by atoms with Gasteiger partial charge in [0.1, 0.15) is 17.1 Å². The minimum absolute atomic E-state index is 0.161. The highest BCUT2D eigenvalue weighted by molar-refractivity contribution is 6.03. The maximum Gasteiger partial charge on any atom is 0.346 e. The number of esters is 1. The SMILES string of the molecule is COc1cccc(OC)c1C(=O)O[C@H](C)C(=O)c1cc(C)c(C)cc1C. The molecule has 0 aliphatic carbocycles. The zero-order chi connectivity index (χ0) is 19.4. The molecule has 0 aromatic heterocycles. The average molecular weight is 356 g/mol. The van der Waals surface area contributed by atoms with E-state index in [1.165, 1.54) is 14.2 Å². The Kier molecular flexibility index (Phi) is 6.03. The van der Waals surface area contributed by atoms with Gasteiger partial charge in [0.05, 0.1) is 14.2 Å². The first-order valence-corrected chi connectivity index (χ1v) is 8.34. The van der Waals surface area contributed by atoms with E-state index < -0.39 is 12.1 Å². The van der Waals surface area contributed by atoms with Crippen LogP contribution in [0, 0.1) is 20.8 Å². The van der Waals surface area contributed by atoms with Crippen molar-refractivity contribution in [3.05, 3.63) is 58.1 Å². The number of carbonyl (C=O) groups is 2. The van der Waals surface area contributed by atoms with Gasteiger partial charge in [-0.2, -0.15) is 0 Å². The van der Waals surface area contributed by atoms with E-state index in [9.17, 15) is 9.59 Å². The van der Waals surface area contributed by atoms with Crippen molar-refractivity contribution in [1.82, 2.24) is 0 Å². The van der Waals surface area contributed by atoms with E-state index in [-0.39, 0.29) is 11.3 Å². The second kappa shape index (κ2) is 8.04. The molecule has 2 rings (SSSR count). The van der Waals surface area contributed by atoms with Crippen molar-refractivity contribution in [2.24, 2.45) is 0 Å². The van der Waals surface area contributed by atoms with Gasteiger partial charge in [-0.1, -0.05) is 12.1 Å². The van der Waals surface area contributed by atoms with Crippen molar-refractivity contribution in [3.8, 4) is 11.5 Å². The lowest BCUT2D eigenvalue weighted by Crippen LogP contribution is -2.25. The molecule has 26 heavy (non-hydrogen) atoms. The van der Waals surface area contributed by atoms with Crippen LogP contribution >= 0.6 is 0 Å². The predicted octanol–water partition coefficient (Wildman–Crippen LogP) is 4.06. The van der Waals surface area contributed by atoms with Crippen LogP contribution in [-0.2, 0) is 4.74 Å². The summed E-state index contributed by atoms with van der Waals surface area (Å²) in [7, 11) is 2.91. The standard InChI is InChI=1S/C21H24O5/c1-12-10-14(3)16(11-13(12)2)20(22)15(4)26-21(23)19-17(24-5)8-7-9-18(19)25-6/h7-11,15H,1-6H3/t15-/m1/s1. The highest BCUT2D eigenvalue weighted by Crippen LogP contribution is 2.29. The van der Waals surface area contributed by atoms with Crippen LogP contribution in [0.3, 0.4) is 0 Å². The minimum Gasteiger partial charge on any atom is -0.496 e. The summed E-state index contributed by atoms with van der Waals surface area (Å²) in [6.07, 6.45) is -0.932. The molecule has 1 atom stereocenters. The monoisotopic (exact) mass is 356 g/mol. The zero-order valence-corrected chi connectivity index (χ0v) is 16.0. The lowest BCUT2D eigenvalue weighted by Gasteiger charge is -2.17. The Morgan fingerprint density at radius 2 is 1.42 bits per heavy atom. The Balaban J connectivity index is 2.28. The summed E-state index contributed by atoms with van der Waals surface area (Å²) in [6, 6.07) is 8.78. The minimum atomic E-state index is -0.932. The van der Waals surface area contributed by atoms with Crippen LogP contribution in [0.2, 0.25) is 0 Å². The van der Waals surface area contributed by atoms with E-state index in [0.717, 1.165) is 16.7 Å². The van der Waals surface area contributed by atoms with Gasteiger partial charge in [-0.25, -0.2) is 4.79 Å². The first-order valence-electron chi connectivity index (χ1n) is 8.34. The Bertz CT molecular complexity index is 816. The molecule has 0 heterocycles. The third kappa shape index (κ3) is 3.87. The number of rotatable bonds is 6. The van der Waals surface area contributed by atoms with Gasteiger partial charge in [-0.05, 0) is 62.6 Å². The lowest BCUT2D eigenvalue weighted by molar-refractivity contribution is 0.0312. The number of carbonyl (C=O) groups excluding carboxylic acids is 2. The third-order valence-corrected chi connectivity index (χ3v) is 4.39. The van der Waals surface area contributed by atoms with Crippen LogP contribution in [0.15, 0.2) is 30.3 Å². The quantitative estimate of drug-likeness (QED) is 0.577. The molecule has 5 nitrogen and oxygen atoms in total. The molecule has 0 saturated carbocycles. The van der Waals surface area contributed by atoms with Crippen molar-refractivity contribution in [3.63, 3.8) is 0 Å². The summed E-state index contributed by atoms with van der Waals surface area (Å²) in [5, 5.41) is 0. The molecule has 0 spiro atoms. The van der Waals surface area contributed by atoms with Crippen molar-refractivity contribution >= 4 is 11.8 Å². The summed E-state index contributed by atoms with van der Waals surface area (Å²) < 4.78 is 15.9. The molecule has 0 unspecified atom stereocenters. The number of methoxy groups -OCH3 is 2. The average Bonchev–Trinajstić information content (AvgIpc) is 2.63. The molecule has 0 amide bonds. The van der Waals surface area contributed by atoms with Crippen LogP contribution in [0.1, 0.15) is 44.3 Å². The summed E-state index contributed by atoms with van der Waals surface area (Å²) in [6.45, 7) is 7.38. The number of hydrogen-bond acceptors (Lipinski definition) is 5. The first kappa shape index (κ1) is 19.5. The highest BCUT2D eigenvalue weighted by atomic mass is 16.6. The summed E-state index contributed by atoms with van der Waals surface area (Å²) in [5.41, 5.74) is 3.71. The fraction of sp³-hybridized carbons (Fsp3) is 0.333. The largest absolute Gasteiger partial charge is 0.496 e. The maximum atomic E-state index is 12.8. The van der Waals surface area contributed by atoms with E-state index in [1.807, 2.05) is 32.9 Å². The third-order valence-electron chi connectivity index (χ3n) is 4.39. The van der Waals surface area contributed by atoms with Gasteiger partial charge < -0.3 is 14.2 Å². The number of ether oxygens (including phenoxy) is 3. The van der Waals surface area contributed by atoms with Gasteiger partial charge in [0, 0.05) is 5.56 Å². The van der Waals surface area contributed by atoms with Crippen molar-refractivity contribution in [2.75, 3.05) is 14.2 Å². The van der Waals surface area contributed by atoms with Gasteiger partial charge >= 0.3 is 5.97 Å². The molecule has 2 aromatic carbocycles. The molecular formula is C21H24O5. The molecule has 2 aromatic rings. The van der Waals surface area contributed by atoms with Crippen LogP contribution in [0.4, 0.5) is 0 Å². The van der Waals surface area contributed by atoms with E-state index in [4.69, 9.17) is 14.2 Å². The van der Waals surface area contributed by atoms with E-state index >= 15 is 0 Å². The van der Waals surface area contributed by atoms with Crippen LogP contribution in [0.5, 0.6) is 11.5 Å². The van der Waals surface area contributed by atoms with E-state index in [2.05, 4.69) is 0 Å². The summed E-state index contributed by atoms with van der Waals surface area (Å²) in [4.78, 5) is 25.4. The second-order valence-electron chi connectivity index (χ2n) is 6.20. The lowest BCUT2D eigenvalue weighted by atomic mass is 9.96. The smallest absolute Gasteiger partial charge is 0.346 e. The predicted molar refractivity (Wildman–Crippen MR) is 99.4 cm³/mol. The van der Waals surface area contributed by atoms with Crippen molar-refractivity contribution in [2.45, 2.75) is 33.8 Å². The number of Topliss-reactive ketones (excluding diaryl/α,β-unsaturated/α-hetero) is 1. The molecule has 5 heteroatoms. The van der Waals surface area contributed by atoms with E-state index in [1.54, 1.807) is 25.1 Å². The molecule has 0 radical (unpaired) electrons. The summed E-state index contributed by atoms with van der Waals surface area (Å²) >= 11 is 0. The van der Waals surface area contributed by atoms with Gasteiger partial charge in [-0.3, -0.25) is 4.79 Å². The highest BCUT2D eigenvalue weighted by Gasteiger charge is 2.26. The zero-order valence-electron chi connectivity index (χ0n) is 16.0. The molecule has 138 valence electrons. The molecule has 0 saturated heterocycles. The molecular weight excluding hydrogens is 332 g/mol. The van der Waals surface area contributed by atoms with Crippen molar-refractivity contribution in [1.29, 1.82) is 0 Å². The topological polar surface area (TPSA) is 61.8 Å². The molecule has 0 bridgehead atoms. The number of ketones is 1. The first-order chi connectivity index (χ1) is 12.3. The fourth-order valence-corrected chi connectivity index (χ4v) is 2.77. The second-order valence-corrected chi connectivity index (χ2v) is 6.20. The van der Waals surface area contributed by atoms with Crippen LogP contribution in [0.25, 0.3) is 0 Å². The van der Waals surface area contributed by atoms with Crippen LogP contribution < -0.4 is 9.47 Å².